The van der Waals surface area contributed by atoms with E-state index in [2.05, 4.69) is 17.5 Å². The van der Waals surface area contributed by atoms with Crippen LogP contribution < -0.4 is 5.32 Å². The normalized spacial score (nSPS) is 30.8. The molecule has 0 radical (unpaired) electrons. The first kappa shape index (κ1) is 14.1. The summed E-state index contributed by atoms with van der Waals surface area (Å²) in [6.45, 7) is 0. The average Bonchev–Trinajstić information content (AvgIpc) is 2.73. The van der Waals surface area contributed by atoms with Gasteiger partial charge in [-0.25, -0.2) is 0 Å². The zero-order valence-corrected chi connectivity index (χ0v) is 11.3. The van der Waals surface area contributed by atoms with Gasteiger partial charge in [0.2, 0.25) is 5.91 Å². The first-order valence-corrected chi connectivity index (χ1v) is 7.35. The highest BCUT2D eigenvalue weighted by Gasteiger charge is 2.30. The summed E-state index contributed by atoms with van der Waals surface area (Å²) in [5, 5.41) is 12.2. The predicted octanol–water partition coefficient (Wildman–Crippen LogP) is 2.49. The predicted molar refractivity (Wildman–Crippen MR) is 72.6 cm³/mol. The minimum Gasteiger partial charge on any atom is -0.481 e. The number of rotatable bonds is 4. The maximum atomic E-state index is 12.0. The quantitative estimate of drug-likeness (QED) is 0.606. The van der Waals surface area contributed by atoms with Crippen LogP contribution in [-0.2, 0) is 9.59 Å². The molecule has 4 heteroatoms. The molecule has 0 aromatic carbocycles. The van der Waals surface area contributed by atoms with Gasteiger partial charge in [-0.05, 0) is 31.6 Å². The molecule has 0 aromatic rings. The molecule has 2 N–H and O–H groups in total. The Morgan fingerprint density at radius 1 is 1.16 bits per heavy atom. The minimum atomic E-state index is -0.770. The second-order valence-electron chi connectivity index (χ2n) is 5.73. The lowest BCUT2D eigenvalue weighted by molar-refractivity contribution is -0.143. The second kappa shape index (κ2) is 6.73. The molecule has 0 saturated heterocycles. The topological polar surface area (TPSA) is 66.4 Å². The Morgan fingerprint density at radius 2 is 1.95 bits per heavy atom. The van der Waals surface area contributed by atoms with Crippen molar-refractivity contribution < 1.29 is 14.7 Å². The van der Waals surface area contributed by atoms with E-state index in [-0.39, 0.29) is 11.9 Å². The first-order valence-electron chi connectivity index (χ1n) is 7.35. The summed E-state index contributed by atoms with van der Waals surface area (Å²) in [6.07, 6.45) is 11.3. The molecule has 3 unspecified atom stereocenters. The van der Waals surface area contributed by atoms with Crippen molar-refractivity contribution in [3.63, 3.8) is 0 Å². The summed E-state index contributed by atoms with van der Waals surface area (Å²) in [5.41, 5.74) is 0. The number of allylic oxidation sites excluding steroid dienone is 2. The van der Waals surface area contributed by atoms with Gasteiger partial charge in [-0.3, -0.25) is 9.59 Å². The van der Waals surface area contributed by atoms with Crippen LogP contribution in [0.3, 0.4) is 0 Å². The zero-order chi connectivity index (χ0) is 13.7. The molecule has 0 spiro atoms. The van der Waals surface area contributed by atoms with Gasteiger partial charge in [-0.15, -0.1) is 0 Å². The Balaban J connectivity index is 1.88. The fourth-order valence-electron chi connectivity index (χ4n) is 3.15. The van der Waals surface area contributed by atoms with Crippen molar-refractivity contribution in [2.45, 2.75) is 57.4 Å². The maximum Gasteiger partial charge on any atom is 0.308 e. The van der Waals surface area contributed by atoms with E-state index in [0.717, 1.165) is 38.5 Å². The summed E-state index contributed by atoms with van der Waals surface area (Å²) in [5.74, 6) is -0.831. The van der Waals surface area contributed by atoms with Crippen LogP contribution in [0, 0.1) is 11.8 Å². The lowest BCUT2D eigenvalue weighted by Crippen LogP contribution is -2.43. The third kappa shape index (κ3) is 4.08. The van der Waals surface area contributed by atoms with Gasteiger partial charge in [0.15, 0.2) is 0 Å². The van der Waals surface area contributed by atoms with E-state index in [1.165, 1.54) is 0 Å². The summed E-state index contributed by atoms with van der Waals surface area (Å²) < 4.78 is 0. The van der Waals surface area contributed by atoms with Crippen LogP contribution in [-0.4, -0.2) is 23.0 Å². The SMILES string of the molecule is O=C(CC1C=CCC1)NC1CCCCCC1C(=O)O. The van der Waals surface area contributed by atoms with Crippen LogP contribution >= 0.6 is 0 Å². The fourth-order valence-corrected chi connectivity index (χ4v) is 3.15. The molecule has 1 fully saturated rings. The van der Waals surface area contributed by atoms with Crippen LogP contribution in [0.5, 0.6) is 0 Å². The highest BCUT2D eigenvalue weighted by atomic mass is 16.4. The van der Waals surface area contributed by atoms with Crippen LogP contribution in [0.4, 0.5) is 0 Å². The highest BCUT2D eigenvalue weighted by Crippen LogP contribution is 2.25. The van der Waals surface area contributed by atoms with Gasteiger partial charge >= 0.3 is 5.97 Å². The Hall–Kier alpha value is -1.32. The van der Waals surface area contributed by atoms with Crippen molar-refractivity contribution in [2.75, 3.05) is 0 Å². The van der Waals surface area contributed by atoms with E-state index in [0.29, 0.717) is 18.8 Å². The standard InChI is InChI=1S/C15H23NO3/c17-14(10-11-6-4-5-7-11)16-13-9-3-1-2-8-12(13)15(18)19/h4,6,11-13H,1-3,5,7-10H2,(H,16,17)(H,18,19). The number of nitrogens with one attached hydrogen (secondary N) is 1. The Kier molecular flexibility index (Phi) is 5.00. The summed E-state index contributed by atoms with van der Waals surface area (Å²) in [6, 6.07) is -0.183. The summed E-state index contributed by atoms with van der Waals surface area (Å²) >= 11 is 0. The number of hydrogen-bond acceptors (Lipinski definition) is 2. The Bertz CT molecular complexity index is 364. The number of hydrogen-bond donors (Lipinski definition) is 2. The molecule has 1 saturated carbocycles. The number of carboxylic acid groups (broad SMARTS) is 1. The van der Waals surface area contributed by atoms with Crippen molar-refractivity contribution in [3.05, 3.63) is 12.2 Å². The zero-order valence-electron chi connectivity index (χ0n) is 11.3. The lowest BCUT2D eigenvalue weighted by Gasteiger charge is -2.23. The van der Waals surface area contributed by atoms with Gasteiger partial charge < -0.3 is 10.4 Å². The van der Waals surface area contributed by atoms with Gasteiger partial charge in [0.05, 0.1) is 5.92 Å². The average molecular weight is 265 g/mol. The molecule has 4 nitrogen and oxygen atoms in total. The van der Waals surface area contributed by atoms with Crippen molar-refractivity contribution >= 4 is 11.9 Å². The Morgan fingerprint density at radius 3 is 2.63 bits per heavy atom. The molecule has 0 aliphatic heterocycles. The molecule has 1 amide bonds. The molecule has 0 bridgehead atoms. The Labute approximate surface area is 114 Å². The number of carbonyl (C=O) groups is 2. The van der Waals surface area contributed by atoms with Gasteiger partial charge in [0, 0.05) is 12.5 Å². The molecule has 0 heterocycles. The molecule has 2 rings (SSSR count). The summed E-state index contributed by atoms with van der Waals surface area (Å²) in [7, 11) is 0. The molecule has 0 aromatic heterocycles. The van der Waals surface area contributed by atoms with Crippen LogP contribution in [0.1, 0.15) is 51.4 Å². The van der Waals surface area contributed by atoms with Crippen LogP contribution in [0.2, 0.25) is 0 Å². The molecule has 3 atom stereocenters. The maximum absolute atomic E-state index is 12.0. The van der Waals surface area contributed by atoms with E-state index >= 15 is 0 Å². The fraction of sp³-hybridized carbons (Fsp3) is 0.733. The first-order chi connectivity index (χ1) is 9.16. The van der Waals surface area contributed by atoms with Crippen LogP contribution in [0.25, 0.3) is 0 Å². The largest absolute Gasteiger partial charge is 0.481 e. The van der Waals surface area contributed by atoms with Crippen molar-refractivity contribution in [2.24, 2.45) is 11.8 Å². The summed E-state index contributed by atoms with van der Waals surface area (Å²) in [4.78, 5) is 23.3. The van der Waals surface area contributed by atoms with E-state index in [9.17, 15) is 14.7 Å². The molecule has 2 aliphatic carbocycles. The lowest BCUT2D eigenvalue weighted by atomic mass is 9.94. The van der Waals surface area contributed by atoms with E-state index in [1.807, 2.05) is 0 Å². The number of amides is 1. The van der Waals surface area contributed by atoms with E-state index < -0.39 is 11.9 Å². The number of aliphatic carboxylic acids is 1. The number of carboxylic acids is 1. The van der Waals surface area contributed by atoms with E-state index in [4.69, 9.17) is 0 Å². The monoisotopic (exact) mass is 265 g/mol. The van der Waals surface area contributed by atoms with Crippen LogP contribution in [0.15, 0.2) is 12.2 Å². The smallest absolute Gasteiger partial charge is 0.308 e. The van der Waals surface area contributed by atoms with E-state index in [1.54, 1.807) is 0 Å². The molecule has 106 valence electrons. The third-order valence-corrected chi connectivity index (χ3v) is 4.24. The van der Waals surface area contributed by atoms with Gasteiger partial charge in [0.1, 0.15) is 0 Å². The second-order valence-corrected chi connectivity index (χ2v) is 5.73. The minimum absolute atomic E-state index is 0.00898. The molecular formula is C15H23NO3. The molecular weight excluding hydrogens is 242 g/mol. The number of carbonyl (C=O) groups excluding carboxylic acids is 1. The third-order valence-electron chi connectivity index (χ3n) is 4.24. The van der Waals surface area contributed by atoms with Crippen molar-refractivity contribution in [1.82, 2.24) is 5.32 Å². The van der Waals surface area contributed by atoms with Crippen molar-refractivity contribution in [1.29, 1.82) is 0 Å². The molecule has 19 heavy (non-hydrogen) atoms. The van der Waals surface area contributed by atoms with Gasteiger partial charge in [-0.2, -0.15) is 0 Å². The molecule has 2 aliphatic rings. The van der Waals surface area contributed by atoms with Crippen molar-refractivity contribution in [3.8, 4) is 0 Å². The van der Waals surface area contributed by atoms with Gasteiger partial charge in [-0.1, -0.05) is 31.4 Å². The van der Waals surface area contributed by atoms with Gasteiger partial charge in [0.25, 0.3) is 0 Å². The highest BCUT2D eigenvalue weighted by molar-refractivity contribution is 5.78.